The quantitative estimate of drug-likeness (QED) is 0.498. The number of ether oxygens (including phenoxy) is 1. The number of carbonyl (C=O) groups excluding carboxylic acids is 1. The highest BCUT2D eigenvalue weighted by molar-refractivity contribution is 5.97. The van der Waals surface area contributed by atoms with Crippen molar-refractivity contribution in [3.05, 3.63) is 66.3 Å². The van der Waals surface area contributed by atoms with Crippen molar-refractivity contribution in [1.82, 2.24) is 19.9 Å². The van der Waals surface area contributed by atoms with Gasteiger partial charge in [-0.2, -0.15) is 0 Å². The predicted octanol–water partition coefficient (Wildman–Crippen LogP) is 3.64. The number of para-hydroxylation sites is 1. The SMILES string of the molecule is COc1cccc2cc(C(=O)N3CCN(c4cc(Nc5ccccn5)nc(C)n4)CC3)oc12. The van der Waals surface area contributed by atoms with E-state index in [0.29, 0.717) is 54.9 Å². The van der Waals surface area contributed by atoms with Crippen molar-refractivity contribution in [3.8, 4) is 5.75 Å². The maximum absolute atomic E-state index is 13.1. The van der Waals surface area contributed by atoms with E-state index >= 15 is 0 Å². The van der Waals surface area contributed by atoms with Gasteiger partial charge in [0.1, 0.15) is 23.3 Å². The number of methoxy groups -OCH3 is 1. The van der Waals surface area contributed by atoms with Crippen molar-refractivity contribution < 1.29 is 13.9 Å². The zero-order chi connectivity index (χ0) is 22.8. The van der Waals surface area contributed by atoms with Crippen LogP contribution in [0.5, 0.6) is 5.75 Å². The highest BCUT2D eigenvalue weighted by atomic mass is 16.5. The molecule has 1 aliphatic heterocycles. The van der Waals surface area contributed by atoms with Gasteiger partial charge < -0.3 is 24.3 Å². The second-order valence-corrected chi connectivity index (χ2v) is 7.77. The highest BCUT2D eigenvalue weighted by Crippen LogP contribution is 2.29. The van der Waals surface area contributed by atoms with Crippen LogP contribution in [0.25, 0.3) is 11.0 Å². The number of pyridine rings is 1. The van der Waals surface area contributed by atoms with Crippen LogP contribution in [-0.2, 0) is 0 Å². The largest absolute Gasteiger partial charge is 0.493 e. The number of hydrogen-bond acceptors (Lipinski definition) is 8. The molecule has 0 spiro atoms. The maximum atomic E-state index is 13.1. The summed E-state index contributed by atoms with van der Waals surface area (Å²) in [5, 5.41) is 4.07. The minimum absolute atomic E-state index is 0.121. The minimum atomic E-state index is -0.121. The van der Waals surface area contributed by atoms with Crippen molar-refractivity contribution in [2.24, 2.45) is 0 Å². The van der Waals surface area contributed by atoms with Gasteiger partial charge in [0.15, 0.2) is 17.1 Å². The molecule has 1 N–H and O–H groups in total. The molecule has 4 heterocycles. The number of nitrogens with one attached hydrogen (secondary N) is 1. The Balaban J connectivity index is 1.28. The number of nitrogens with zero attached hydrogens (tertiary/aromatic N) is 5. The Hall–Kier alpha value is -4.14. The Morgan fingerprint density at radius 1 is 1.03 bits per heavy atom. The first kappa shape index (κ1) is 20.7. The van der Waals surface area contributed by atoms with Crippen LogP contribution >= 0.6 is 0 Å². The van der Waals surface area contributed by atoms with Crippen LogP contribution < -0.4 is 15.0 Å². The summed E-state index contributed by atoms with van der Waals surface area (Å²) in [6.07, 6.45) is 1.73. The molecular formula is C24H24N6O3. The molecule has 9 heteroatoms. The maximum Gasteiger partial charge on any atom is 0.289 e. The van der Waals surface area contributed by atoms with E-state index in [1.54, 1.807) is 19.4 Å². The first-order valence-corrected chi connectivity index (χ1v) is 10.8. The highest BCUT2D eigenvalue weighted by Gasteiger charge is 2.26. The molecule has 4 aromatic rings. The standard InChI is InChI=1S/C24H24N6O3/c1-16-26-21(28-20-8-3-4-9-25-20)15-22(27-16)29-10-12-30(13-11-29)24(31)19-14-17-6-5-7-18(32-2)23(17)33-19/h3-9,14-15H,10-13H2,1-2H3,(H,25,26,27,28). The van der Waals surface area contributed by atoms with Gasteiger partial charge in [-0.3, -0.25) is 4.79 Å². The molecule has 9 nitrogen and oxygen atoms in total. The van der Waals surface area contributed by atoms with E-state index in [0.717, 1.165) is 17.0 Å². The molecule has 168 valence electrons. The Labute approximate surface area is 191 Å². The number of benzene rings is 1. The van der Waals surface area contributed by atoms with E-state index in [-0.39, 0.29) is 5.91 Å². The zero-order valence-electron chi connectivity index (χ0n) is 18.5. The van der Waals surface area contributed by atoms with Crippen LogP contribution in [-0.4, -0.2) is 59.0 Å². The van der Waals surface area contributed by atoms with Crippen molar-refractivity contribution >= 4 is 34.3 Å². The summed E-state index contributed by atoms with van der Waals surface area (Å²) < 4.78 is 11.2. The molecule has 0 aliphatic carbocycles. The molecule has 5 rings (SSSR count). The first-order valence-electron chi connectivity index (χ1n) is 10.8. The molecule has 1 aliphatic rings. The van der Waals surface area contributed by atoms with Crippen LogP contribution in [0.1, 0.15) is 16.4 Å². The smallest absolute Gasteiger partial charge is 0.289 e. The number of piperazine rings is 1. The van der Waals surface area contributed by atoms with E-state index in [1.165, 1.54) is 0 Å². The summed E-state index contributed by atoms with van der Waals surface area (Å²) in [7, 11) is 1.59. The van der Waals surface area contributed by atoms with E-state index < -0.39 is 0 Å². The van der Waals surface area contributed by atoms with Crippen molar-refractivity contribution in [1.29, 1.82) is 0 Å². The van der Waals surface area contributed by atoms with Gasteiger partial charge in [-0.25, -0.2) is 15.0 Å². The summed E-state index contributed by atoms with van der Waals surface area (Å²) in [4.78, 5) is 30.4. The molecule has 1 saturated heterocycles. The summed E-state index contributed by atoms with van der Waals surface area (Å²) in [5.41, 5.74) is 0.589. The monoisotopic (exact) mass is 444 g/mol. The molecule has 3 aromatic heterocycles. The number of aryl methyl sites for hydroxylation is 1. The van der Waals surface area contributed by atoms with Gasteiger partial charge in [0, 0.05) is 43.8 Å². The van der Waals surface area contributed by atoms with E-state index in [1.807, 2.05) is 54.3 Å². The molecule has 1 amide bonds. The average Bonchev–Trinajstić information content (AvgIpc) is 3.28. The third-order valence-electron chi connectivity index (χ3n) is 5.58. The fourth-order valence-corrected chi connectivity index (χ4v) is 3.94. The van der Waals surface area contributed by atoms with Crippen molar-refractivity contribution in [2.45, 2.75) is 6.92 Å². The second kappa shape index (κ2) is 8.78. The second-order valence-electron chi connectivity index (χ2n) is 7.77. The van der Waals surface area contributed by atoms with Crippen LogP contribution in [0.15, 0.2) is 59.1 Å². The number of fused-ring (bicyclic) bond motifs is 1. The van der Waals surface area contributed by atoms with Gasteiger partial charge in [-0.05, 0) is 31.2 Å². The van der Waals surface area contributed by atoms with Gasteiger partial charge in [0.25, 0.3) is 5.91 Å². The number of anilines is 3. The topological polar surface area (TPSA) is 96.6 Å². The number of carbonyl (C=O) groups is 1. The lowest BCUT2D eigenvalue weighted by atomic mass is 10.2. The molecule has 0 unspecified atom stereocenters. The van der Waals surface area contributed by atoms with E-state index in [2.05, 4.69) is 25.2 Å². The number of hydrogen-bond donors (Lipinski definition) is 1. The lowest BCUT2D eigenvalue weighted by molar-refractivity contribution is 0.0716. The van der Waals surface area contributed by atoms with Gasteiger partial charge in [0.05, 0.1) is 7.11 Å². The Bertz CT molecular complexity index is 1280. The molecule has 33 heavy (non-hydrogen) atoms. The molecule has 0 radical (unpaired) electrons. The van der Waals surface area contributed by atoms with E-state index in [4.69, 9.17) is 9.15 Å². The van der Waals surface area contributed by atoms with Crippen LogP contribution in [0.3, 0.4) is 0 Å². The molecular weight excluding hydrogens is 420 g/mol. The molecule has 1 fully saturated rings. The van der Waals surface area contributed by atoms with Gasteiger partial charge in [-0.1, -0.05) is 18.2 Å². The fraction of sp³-hybridized carbons (Fsp3) is 0.250. The molecule has 1 aromatic carbocycles. The zero-order valence-corrected chi connectivity index (χ0v) is 18.5. The van der Waals surface area contributed by atoms with Crippen LogP contribution in [0.2, 0.25) is 0 Å². The van der Waals surface area contributed by atoms with Gasteiger partial charge in [0.2, 0.25) is 0 Å². The first-order chi connectivity index (χ1) is 16.1. The van der Waals surface area contributed by atoms with Gasteiger partial charge in [-0.15, -0.1) is 0 Å². The summed E-state index contributed by atoms with van der Waals surface area (Å²) in [6.45, 7) is 4.32. The molecule has 0 saturated carbocycles. The Kier molecular flexibility index (Phi) is 5.52. The normalized spacial score (nSPS) is 13.9. The fourth-order valence-electron chi connectivity index (χ4n) is 3.94. The number of furan rings is 1. The van der Waals surface area contributed by atoms with Crippen LogP contribution in [0.4, 0.5) is 17.5 Å². The van der Waals surface area contributed by atoms with Crippen LogP contribution in [0, 0.1) is 6.92 Å². The van der Waals surface area contributed by atoms with Crippen molar-refractivity contribution in [2.75, 3.05) is 43.5 Å². The Morgan fingerprint density at radius 2 is 1.88 bits per heavy atom. The number of rotatable bonds is 5. The molecule has 0 atom stereocenters. The third-order valence-corrected chi connectivity index (χ3v) is 5.58. The van der Waals surface area contributed by atoms with E-state index in [9.17, 15) is 4.79 Å². The average molecular weight is 444 g/mol. The predicted molar refractivity (Wildman–Crippen MR) is 125 cm³/mol. The molecule has 0 bridgehead atoms. The number of amides is 1. The lowest BCUT2D eigenvalue weighted by Gasteiger charge is -2.35. The third kappa shape index (κ3) is 4.30. The van der Waals surface area contributed by atoms with Crippen molar-refractivity contribution in [3.63, 3.8) is 0 Å². The summed E-state index contributed by atoms with van der Waals surface area (Å²) in [6, 6.07) is 15.0. The summed E-state index contributed by atoms with van der Waals surface area (Å²) in [5.74, 6) is 3.71. The Morgan fingerprint density at radius 3 is 2.64 bits per heavy atom. The number of aromatic nitrogens is 3. The summed E-state index contributed by atoms with van der Waals surface area (Å²) >= 11 is 0. The van der Waals surface area contributed by atoms with Gasteiger partial charge >= 0.3 is 0 Å². The minimum Gasteiger partial charge on any atom is -0.493 e. The lowest BCUT2D eigenvalue weighted by Crippen LogP contribution is -2.49.